The first-order valence-electron chi connectivity index (χ1n) is 9.13. The summed E-state index contributed by atoms with van der Waals surface area (Å²) in [6.07, 6.45) is 4.16. The molecule has 0 radical (unpaired) electrons. The van der Waals surface area contributed by atoms with Crippen LogP contribution in [0.4, 0.5) is 10.2 Å². The summed E-state index contributed by atoms with van der Waals surface area (Å²) in [5, 5.41) is 3.61. The maximum absolute atomic E-state index is 12.9. The number of carbonyl (C=O) groups is 1. The minimum atomic E-state index is -0.710. The molecule has 4 rings (SSSR count). The highest BCUT2D eigenvalue weighted by Gasteiger charge is 2.18. The number of anilines is 1. The number of hydrogen-bond acceptors (Lipinski definition) is 4. The van der Waals surface area contributed by atoms with E-state index in [-0.39, 0.29) is 11.4 Å². The number of halogens is 1. The molecule has 0 aliphatic rings. The zero-order valence-corrected chi connectivity index (χ0v) is 15.7. The van der Waals surface area contributed by atoms with Crippen LogP contribution in [0.25, 0.3) is 10.9 Å². The molecule has 0 saturated carbocycles. The number of amides is 1. The number of aromatic amines is 1. The van der Waals surface area contributed by atoms with Crippen molar-refractivity contribution in [3.8, 4) is 0 Å². The Morgan fingerprint density at radius 2 is 2.03 bits per heavy atom. The number of benzene rings is 1. The number of nitrogens with zero attached hydrogens (tertiary/aromatic N) is 1. The molecule has 0 aliphatic carbocycles. The average Bonchev–Trinajstić information content (AvgIpc) is 3.11. The van der Waals surface area contributed by atoms with E-state index >= 15 is 0 Å². The van der Waals surface area contributed by atoms with Crippen molar-refractivity contribution in [3.63, 3.8) is 0 Å². The Morgan fingerprint density at radius 1 is 1.21 bits per heavy atom. The zero-order chi connectivity index (χ0) is 20.4. The van der Waals surface area contributed by atoms with Gasteiger partial charge in [0.1, 0.15) is 23.0 Å². The fourth-order valence-electron chi connectivity index (χ4n) is 3.29. The van der Waals surface area contributed by atoms with Crippen LogP contribution in [0.1, 0.15) is 27.2 Å². The van der Waals surface area contributed by atoms with Gasteiger partial charge in [-0.2, -0.15) is 0 Å². The first kappa shape index (κ1) is 18.6. The Hall–Kier alpha value is -3.74. The number of para-hydroxylation sites is 1. The van der Waals surface area contributed by atoms with Crippen molar-refractivity contribution in [2.75, 3.05) is 5.32 Å². The van der Waals surface area contributed by atoms with Gasteiger partial charge in [0.2, 0.25) is 0 Å². The van der Waals surface area contributed by atoms with Crippen LogP contribution in [0.5, 0.6) is 0 Å². The topological polar surface area (TPSA) is 88.0 Å². The van der Waals surface area contributed by atoms with Crippen LogP contribution in [0.15, 0.2) is 64.1 Å². The molecular formula is C22H18FN3O3. The Kier molecular flexibility index (Phi) is 4.95. The van der Waals surface area contributed by atoms with E-state index < -0.39 is 17.3 Å². The van der Waals surface area contributed by atoms with Gasteiger partial charge in [-0.1, -0.05) is 18.2 Å². The molecule has 7 heteroatoms. The smallest absolute Gasteiger partial charge is 0.349 e. The lowest BCUT2D eigenvalue weighted by atomic mass is 10.1. The lowest BCUT2D eigenvalue weighted by molar-refractivity contribution is 0.102. The lowest BCUT2D eigenvalue weighted by Crippen LogP contribution is -2.23. The lowest BCUT2D eigenvalue weighted by Gasteiger charge is -2.08. The maximum atomic E-state index is 12.9. The van der Waals surface area contributed by atoms with Crippen LogP contribution in [-0.4, -0.2) is 15.9 Å². The second-order valence-electron chi connectivity index (χ2n) is 6.73. The SMILES string of the molecule is Cc1cc(CCc2c[nH]c3ccccc23)oc(=O)c1C(=O)Nc1ccc(F)cn1. The number of aryl methyl sites for hydroxylation is 3. The number of fused-ring (bicyclic) bond motifs is 1. The van der Waals surface area contributed by atoms with Crippen molar-refractivity contribution in [3.05, 3.63) is 93.5 Å². The van der Waals surface area contributed by atoms with E-state index in [0.29, 0.717) is 24.2 Å². The fraction of sp³-hybridized carbons (Fsp3) is 0.136. The highest BCUT2D eigenvalue weighted by atomic mass is 19.1. The standard InChI is InChI=1S/C22H18FN3O3/c1-13-10-16(8-6-14-11-24-18-5-3-2-4-17(14)18)29-22(28)20(13)21(27)26-19-9-7-15(23)12-25-19/h2-5,7,9-12,24H,6,8H2,1H3,(H,25,26,27). The van der Waals surface area contributed by atoms with Crippen molar-refractivity contribution >= 4 is 22.6 Å². The van der Waals surface area contributed by atoms with Gasteiger partial charge in [0.15, 0.2) is 0 Å². The van der Waals surface area contributed by atoms with E-state index in [1.54, 1.807) is 13.0 Å². The number of nitrogens with one attached hydrogen (secondary N) is 2. The second-order valence-corrected chi connectivity index (χ2v) is 6.73. The van der Waals surface area contributed by atoms with Crippen LogP contribution < -0.4 is 10.9 Å². The highest BCUT2D eigenvalue weighted by molar-refractivity contribution is 6.04. The molecule has 1 aromatic carbocycles. The summed E-state index contributed by atoms with van der Waals surface area (Å²) in [6.45, 7) is 1.68. The Bertz CT molecular complexity index is 1240. The fourth-order valence-corrected chi connectivity index (χ4v) is 3.29. The van der Waals surface area contributed by atoms with Crippen LogP contribution >= 0.6 is 0 Å². The third kappa shape index (κ3) is 3.94. The molecular weight excluding hydrogens is 373 g/mol. The largest absolute Gasteiger partial charge is 0.427 e. The van der Waals surface area contributed by atoms with Gasteiger partial charge in [0.05, 0.1) is 6.20 Å². The molecule has 2 N–H and O–H groups in total. The maximum Gasteiger partial charge on any atom is 0.349 e. The molecule has 0 unspecified atom stereocenters. The molecule has 0 spiro atoms. The van der Waals surface area contributed by atoms with Gasteiger partial charge in [-0.3, -0.25) is 4.79 Å². The normalized spacial score (nSPS) is 11.0. The third-order valence-corrected chi connectivity index (χ3v) is 4.71. The van der Waals surface area contributed by atoms with Crippen molar-refractivity contribution in [2.45, 2.75) is 19.8 Å². The van der Waals surface area contributed by atoms with E-state index in [0.717, 1.165) is 22.7 Å². The minimum absolute atomic E-state index is 0.0908. The highest BCUT2D eigenvalue weighted by Crippen LogP contribution is 2.20. The summed E-state index contributed by atoms with van der Waals surface area (Å²) >= 11 is 0. The van der Waals surface area contributed by atoms with Crippen molar-refractivity contribution in [1.29, 1.82) is 0 Å². The monoisotopic (exact) mass is 391 g/mol. The molecule has 6 nitrogen and oxygen atoms in total. The summed E-state index contributed by atoms with van der Waals surface area (Å²) in [7, 11) is 0. The van der Waals surface area contributed by atoms with Gasteiger partial charge in [0.25, 0.3) is 5.91 Å². The van der Waals surface area contributed by atoms with Gasteiger partial charge in [-0.15, -0.1) is 0 Å². The predicted octanol–water partition coefficient (Wildman–Crippen LogP) is 4.00. The van der Waals surface area contributed by atoms with Crippen LogP contribution in [0.2, 0.25) is 0 Å². The summed E-state index contributed by atoms with van der Waals surface area (Å²) in [5.41, 5.74) is 1.90. The third-order valence-electron chi connectivity index (χ3n) is 4.71. The van der Waals surface area contributed by atoms with Crippen molar-refractivity contribution in [1.82, 2.24) is 9.97 Å². The van der Waals surface area contributed by atoms with E-state index in [4.69, 9.17) is 4.42 Å². The number of rotatable bonds is 5. The van der Waals surface area contributed by atoms with E-state index in [1.807, 2.05) is 30.5 Å². The van der Waals surface area contributed by atoms with Gasteiger partial charge < -0.3 is 14.7 Å². The molecule has 3 aromatic heterocycles. The van der Waals surface area contributed by atoms with Gasteiger partial charge in [-0.05, 0) is 48.7 Å². The number of hydrogen-bond donors (Lipinski definition) is 2. The molecule has 0 fully saturated rings. The second kappa shape index (κ2) is 7.71. The van der Waals surface area contributed by atoms with E-state index in [1.165, 1.54) is 12.1 Å². The first-order chi connectivity index (χ1) is 14.0. The van der Waals surface area contributed by atoms with Crippen LogP contribution in [0, 0.1) is 12.7 Å². The van der Waals surface area contributed by atoms with Crippen LogP contribution in [-0.2, 0) is 12.8 Å². The molecule has 1 amide bonds. The molecule has 3 heterocycles. The number of carbonyl (C=O) groups excluding carboxylic acids is 1. The minimum Gasteiger partial charge on any atom is -0.427 e. The van der Waals surface area contributed by atoms with Gasteiger partial charge >= 0.3 is 5.63 Å². The number of pyridine rings is 1. The molecule has 0 atom stereocenters. The molecule has 0 aliphatic heterocycles. The molecule has 29 heavy (non-hydrogen) atoms. The Labute approximate surface area is 165 Å². The summed E-state index contributed by atoms with van der Waals surface area (Å²) < 4.78 is 18.3. The Morgan fingerprint density at radius 3 is 2.79 bits per heavy atom. The average molecular weight is 391 g/mol. The van der Waals surface area contributed by atoms with Crippen molar-refractivity contribution in [2.24, 2.45) is 0 Å². The van der Waals surface area contributed by atoms with Gasteiger partial charge in [0, 0.05) is 23.5 Å². The first-order valence-corrected chi connectivity index (χ1v) is 9.13. The molecule has 4 aromatic rings. The van der Waals surface area contributed by atoms with Crippen LogP contribution in [0.3, 0.4) is 0 Å². The molecule has 0 bridgehead atoms. The summed E-state index contributed by atoms with van der Waals surface area (Å²) in [4.78, 5) is 31.8. The van der Waals surface area contributed by atoms with Crippen molar-refractivity contribution < 1.29 is 13.6 Å². The van der Waals surface area contributed by atoms with E-state index in [2.05, 4.69) is 15.3 Å². The van der Waals surface area contributed by atoms with Gasteiger partial charge in [-0.25, -0.2) is 14.2 Å². The predicted molar refractivity (Wildman–Crippen MR) is 108 cm³/mol. The quantitative estimate of drug-likeness (QED) is 0.538. The number of aromatic nitrogens is 2. The number of H-pyrrole nitrogens is 1. The summed E-state index contributed by atoms with van der Waals surface area (Å²) in [5.74, 6) is -0.496. The zero-order valence-electron chi connectivity index (χ0n) is 15.7. The Balaban J connectivity index is 1.51. The molecule has 146 valence electrons. The molecule has 0 saturated heterocycles. The van der Waals surface area contributed by atoms with E-state index in [9.17, 15) is 14.0 Å². The summed E-state index contributed by atoms with van der Waals surface area (Å²) in [6, 6.07) is 12.2.